The molecule has 0 fully saturated rings. The number of nitrogens with zero attached hydrogens (tertiary/aromatic N) is 1. The Kier molecular flexibility index (Phi) is 6.19. The molecule has 0 aliphatic rings. The van der Waals surface area contributed by atoms with Crippen molar-refractivity contribution in [2.75, 3.05) is 25.8 Å². The van der Waals surface area contributed by atoms with Gasteiger partial charge >= 0.3 is 0 Å². The Balaban J connectivity index is 1.76. The van der Waals surface area contributed by atoms with Crippen LogP contribution in [-0.2, 0) is 15.6 Å². The second kappa shape index (κ2) is 8.62. The molecular formula is C20H20N2O5S2. The zero-order valence-electron chi connectivity index (χ0n) is 16.1. The van der Waals surface area contributed by atoms with Crippen molar-refractivity contribution in [3.05, 3.63) is 59.0 Å². The third-order valence-corrected chi connectivity index (χ3v) is 5.67. The van der Waals surface area contributed by atoms with Crippen LogP contribution in [-0.4, -0.2) is 39.8 Å². The van der Waals surface area contributed by atoms with E-state index in [4.69, 9.17) is 9.47 Å². The minimum Gasteiger partial charge on any atom is -0.497 e. The molecule has 0 radical (unpaired) electrons. The normalized spacial score (nSPS) is 11.1. The van der Waals surface area contributed by atoms with Gasteiger partial charge in [0.05, 0.1) is 25.7 Å². The lowest BCUT2D eigenvalue weighted by atomic mass is 10.1. The Labute approximate surface area is 173 Å². The van der Waals surface area contributed by atoms with Gasteiger partial charge in [-0.3, -0.25) is 10.1 Å². The van der Waals surface area contributed by atoms with Crippen LogP contribution in [0.1, 0.15) is 15.9 Å². The van der Waals surface area contributed by atoms with Gasteiger partial charge in [-0.2, -0.15) is 0 Å². The van der Waals surface area contributed by atoms with E-state index in [9.17, 15) is 13.2 Å². The number of aromatic nitrogens is 1. The van der Waals surface area contributed by atoms with Gasteiger partial charge in [0.15, 0.2) is 15.0 Å². The van der Waals surface area contributed by atoms with Gasteiger partial charge in [0, 0.05) is 22.8 Å². The van der Waals surface area contributed by atoms with Crippen LogP contribution in [0.5, 0.6) is 11.5 Å². The van der Waals surface area contributed by atoms with Gasteiger partial charge in [-0.1, -0.05) is 12.1 Å². The van der Waals surface area contributed by atoms with Crippen molar-refractivity contribution in [1.29, 1.82) is 0 Å². The minimum absolute atomic E-state index is 0.0624. The smallest absolute Gasteiger partial charge is 0.257 e. The molecule has 0 unspecified atom stereocenters. The van der Waals surface area contributed by atoms with Gasteiger partial charge in [0.1, 0.15) is 11.5 Å². The Morgan fingerprint density at radius 3 is 2.45 bits per heavy atom. The van der Waals surface area contributed by atoms with Crippen molar-refractivity contribution in [3.8, 4) is 22.8 Å². The Hall–Kier alpha value is -2.91. The number of ether oxygens (including phenoxy) is 2. The Morgan fingerprint density at radius 2 is 1.83 bits per heavy atom. The number of hydrogen-bond donors (Lipinski definition) is 1. The highest BCUT2D eigenvalue weighted by atomic mass is 32.2. The molecule has 0 atom stereocenters. The second-order valence-corrected chi connectivity index (χ2v) is 9.32. The topological polar surface area (TPSA) is 94.6 Å². The molecule has 0 aliphatic heterocycles. The summed E-state index contributed by atoms with van der Waals surface area (Å²) in [5.41, 5.74) is 2.46. The average Bonchev–Trinajstić information content (AvgIpc) is 3.15. The van der Waals surface area contributed by atoms with Crippen LogP contribution < -0.4 is 14.8 Å². The lowest BCUT2D eigenvalue weighted by Gasteiger charge is -2.08. The van der Waals surface area contributed by atoms with Crippen molar-refractivity contribution < 1.29 is 22.7 Å². The molecule has 9 heteroatoms. The molecule has 1 N–H and O–H groups in total. The summed E-state index contributed by atoms with van der Waals surface area (Å²) in [6, 6.07) is 11.9. The van der Waals surface area contributed by atoms with Gasteiger partial charge in [-0.05, 0) is 35.9 Å². The Morgan fingerprint density at radius 1 is 1.10 bits per heavy atom. The van der Waals surface area contributed by atoms with Crippen LogP contribution in [0.2, 0.25) is 0 Å². The molecule has 1 aromatic heterocycles. The SMILES string of the molecule is COc1ccc(OC)c(-c2csc(NC(=O)c3ccc(CS(C)(=O)=O)cc3)n2)c1. The first kappa shape index (κ1) is 20.8. The molecule has 7 nitrogen and oxygen atoms in total. The number of nitrogens with one attached hydrogen (secondary N) is 1. The molecule has 0 saturated carbocycles. The van der Waals surface area contributed by atoms with Crippen LogP contribution in [0.25, 0.3) is 11.3 Å². The molecule has 0 spiro atoms. The van der Waals surface area contributed by atoms with Gasteiger partial charge < -0.3 is 9.47 Å². The number of carbonyl (C=O) groups is 1. The van der Waals surface area contributed by atoms with E-state index < -0.39 is 9.84 Å². The van der Waals surface area contributed by atoms with Crippen molar-refractivity contribution in [1.82, 2.24) is 4.98 Å². The summed E-state index contributed by atoms with van der Waals surface area (Å²) >= 11 is 1.29. The fourth-order valence-corrected chi connectivity index (χ4v) is 4.20. The van der Waals surface area contributed by atoms with E-state index in [2.05, 4.69) is 10.3 Å². The zero-order chi connectivity index (χ0) is 21.0. The van der Waals surface area contributed by atoms with Crippen LogP contribution in [0.15, 0.2) is 47.8 Å². The highest BCUT2D eigenvalue weighted by Crippen LogP contribution is 2.35. The highest BCUT2D eigenvalue weighted by molar-refractivity contribution is 7.89. The van der Waals surface area contributed by atoms with Gasteiger partial charge in [-0.15, -0.1) is 11.3 Å². The van der Waals surface area contributed by atoms with Crippen LogP contribution in [0.3, 0.4) is 0 Å². The number of methoxy groups -OCH3 is 2. The zero-order valence-corrected chi connectivity index (χ0v) is 17.8. The molecule has 1 heterocycles. The standard InChI is InChI=1S/C20H20N2O5S2/c1-26-15-8-9-18(27-2)16(10-15)17-11-28-20(21-17)22-19(23)14-6-4-13(5-7-14)12-29(3,24)25/h4-11H,12H2,1-3H3,(H,21,22,23). The molecule has 0 bridgehead atoms. The number of rotatable bonds is 7. The number of benzene rings is 2. The van der Waals surface area contributed by atoms with E-state index in [1.165, 1.54) is 17.6 Å². The third kappa shape index (κ3) is 5.33. The maximum atomic E-state index is 12.5. The number of anilines is 1. The summed E-state index contributed by atoms with van der Waals surface area (Å²) in [5.74, 6) is 0.936. The van der Waals surface area contributed by atoms with Crippen molar-refractivity contribution >= 4 is 32.2 Å². The third-order valence-electron chi connectivity index (χ3n) is 4.05. The van der Waals surface area contributed by atoms with E-state index in [0.29, 0.717) is 33.5 Å². The van der Waals surface area contributed by atoms with E-state index in [0.717, 1.165) is 5.56 Å². The number of amides is 1. The summed E-state index contributed by atoms with van der Waals surface area (Å²) in [4.78, 5) is 16.9. The fraction of sp³-hybridized carbons (Fsp3) is 0.200. The maximum Gasteiger partial charge on any atom is 0.257 e. The van der Waals surface area contributed by atoms with E-state index in [1.807, 2.05) is 11.4 Å². The number of carbonyl (C=O) groups excluding carboxylic acids is 1. The van der Waals surface area contributed by atoms with Crippen LogP contribution in [0.4, 0.5) is 5.13 Å². The molecule has 3 rings (SSSR count). The highest BCUT2D eigenvalue weighted by Gasteiger charge is 2.14. The lowest BCUT2D eigenvalue weighted by molar-refractivity contribution is 0.102. The van der Waals surface area contributed by atoms with Crippen molar-refractivity contribution in [2.24, 2.45) is 0 Å². The van der Waals surface area contributed by atoms with E-state index in [1.54, 1.807) is 50.6 Å². The van der Waals surface area contributed by atoms with Gasteiger partial charge in [0.2, 0.25) is 0 Å². The maximum absolute atomic E-state index is 12.5. The van der Waals surface area contributed by atoms with Crippen molar-refractivity contribution in [3.63, 3.8) is 0 Å². The predicted molar refractivity (Wildman–Crippen MR) is 114 cm³/mol. The number of thiazole rings is 1. The van der Waals surface area contributed by atoms with E-state index >= 15 is 0 Å². The molecule has 29 heavy (non-hydrogen) atoms. The first-order valence-corrected chi connectivity index (χ1v) is 11.5. The summed E-state index contributed by atoms with van der Waals surface area (Å²) < 4.78 is 33.4. The quantitative estimate of drug-likeness (QED) is 0.613. The first-order valence-electron chi connectivity index (χ1n) is 8.55. The van der Waals surface area contributed by atoms with Crippen molar-refractivity contribution in [2.45, 2.75) is 5.75 Å². The largest absolute Gasteiger partial charge is 0.497 e. The predicted octanol–water partition coefficient (Wildman–Crippen LogP) is 3.62. The first-order chi connectivity index (χ1) is 13.8. The van der Waals surface area contributed by atoms with Gasteiger partial charge in [-0.25, -0.2) is 13.4 Å². The number of hydrogen-bond acceptors (Lipinski definition) is 7. The van der Waals surface area contributed by atoms with E-state index in [-0.39, 0.29) is 11.7 Å². The molecular weight excluding hydrogens is 412 g/mol. The van der Waals surface area contributed by atoms with Gasteiger partial charge in [0.25, 0.3) is 5.91 Å². The lowest BCUT2D eigenvalue weighted by Crippen LogP contribution is -2.12. The molecule has 0 aliphatic carbocycles. The fourth-order valence-electron chi connectivity index (χ4n) is 2.69. The summed E-state index contributed by atoms with van der Waals surface area (Å²) in [7, 11) is 0.0387. The summed E-state index contributed by atoms with van der Waals surface area (Å²) in [6.07, 6.45) is 1.17. The number of sulfone groups is 1. The summed E-state index contributed by atoms with van der Waals surface area (Å²) in [6.45, 7) is 0. The summed E-state index contributed by atoms with van der Waals surface area (Å²) in [5, 5.41) is 5.02. The average molecular weight is 433 g/mol. The molecule has 3 aromatic rings. The minimum atomic E-state index is -3.12. The molecule has 0 saturated heterocycles. The Bertz CT molecular complexity index is 1120. The second-order valence-electron chi connectivity index (χ2n) is 6.33. The molecule has 2 aromatic carbocycles. The molecule has 152 valence electrons. The van der Waals surface area contributed by atoms with Crippen LogP contribution in [0, 0.1) is 0 Å². The monoisotopic (exact) mass is 432 g/mol. The van der Waals surface area contributed by atoms with Crippen LogP contribution >= 0.6 is 11.3 Å². The molecule has 1 amide bonds.